The summed E-state index contributed by atoms with van der Waals surface area (Å²) in [5.74, 6) is -0.853. The van der Waals surface area contributed by atoms with Gasteiger partial charge in [0.25, 0.3) is 0 Å². The minimum atomic E-state index is -1.00. The maximum atomic E-state index is 13.2. The number of benzene rings is 2. The number of hydrogen-bond donors (Lipinski definition) is 2. The highest BCUT2D eigenvalue weighted by molar-refractivity contribution is 6.31. The smallest absolute Gasteiger partial charge is 0.335 e. The molecule has 0 aliphatic carbocycles. The van der Waals surface area contributed by atoms with Gasteiger partial charge in [-0.1, -0.05) is 58.4 Å². The molecule has 2 aromatic rings. The van der Waals surface area contributed by atoms with Gasteiger partial charge in [0.2, 0.25) is 0 Å². The van der Waals surface area contributed by atoms with Crippen molar-refractivity contribution in [2.75, 3.05) is 4.90 Å². The van der Waals surface area contributed by atoms with Crippen molar-refractivity contribution < 1.29 is 14.7 Å². The molecule has 0 unspecified atom stereocenters. The van der Waals surface area contributed by atoms with Gasteiger partial charge in [-0.2, -0.15) is 0 Å². The Morgan fingerprint density at radius 2 is 1.79 bits per heavy atom. The van der Waals surface area contributed by atoms with E-state index < -0.39 is 11.5 Å². The van der Waals surface area contributed by atoms with E-state index in [1.165, 1.54) is 17.0 Å². The zero-order chi connectivity index (χ0) is 24.6. The fourth-order valence-electron chi connectivity index (χ4n) is 4.17. The van der Waals surface area contributed by atoms with Gasteiger partial charge >= 0.3 is 12.0 Å². The molecule has 0 saturated carbocycles. The van der Waals surface area contributed by atoms with Gasteiger partial charge in [-0.05, 0) is 78.1 Å². The first-order valence-electron chi connectivity index (χ1n) is 11.3. The molecule has 3 rings (SSSR count). The Labute approximate surface area is 201 Å². The number of halogens is 1. The first kappa shape index (κ1) is 24.8. The van der Waals surface area contributed by atoms with Crippen LogP contribution in [0.3, 0.4) is 0 Å². The first-order valence-corrected chi connectivity index (χ1v) is 11.7. The highest BCUT2D eigenvalue weighted by Gasteiger charge is 2.40. The molecule has 0 fully saturated rings. The number of nitrogens with zero attached hydrogens (tertiary/aromatic N) is 1. The summed E-state index contributed by atoms with van der Waals surface area (Å²) in [4.78, 5) is 25.8. The number of carboxylic acids is 1. The van der Waals surface area contributed by atoms with Crippen LogP contribution in [-0.4, -0.2) is 17.1 Å². The van der Waals surface area contributed by atoms with E-state index in [9.17, 15) is 9.59 Å². The van der Waals surface area contributed by atoms with Crippen LogP contribution in [-0.2, 0) is 12.0 Å². The largest absolute Gasteiger partial charge is 0.478 e. The molecule has 6 heteroatoms. The maximum absolute atomic E-state index is 13.2. The van der Waals surface area contributed by atoms with Crippen molar-refractivity contribution in [3.8, 4) is 0 Å². The third-order valence-corrected chi connectivity index (χ3v) is 6.56. The number of anilines is 1. The minimum absolute atomic E-state index is 0.149. The number of urea groups is 1. The van der Waals surface area contributed by atoms with Crippen molar-refractivity contribution >= 4 is 29.3 Å². The SMILES string of the molecule is CC(C)C1=CN(c2ccc(C(=O)O)cc2)C(=O)N[C@@]1(C)c1ccc(CCC(C)(C)C)c(Cl)c1. The van der Waals surface area contributed by atoms with Crippen molar-refractivity contribution in [2.45, 2.75) is 59.9 Å². The lowest BCUT2D eigenvalue weighted by Gasteiger charge is -2.42. The van der Waals surface area contributed by atoms with E-state index in [4.69, 9.17) is 16.7 Å². The van der Waals surface area contributed by atoms with Gasteiger partial charge in [-0.3, -0.25) is 4.90 Å². The summed E-state index contributed by atoms with van der Waals surface area (Å²) < 4.78 is 0. The van der Waals surface area contributed by atoms with Crippen LogP contribution in [0.4, 0.5) is 10.5 Å². The normalized spacial score (nSPS) is 18.8. The molecule has 1 aliphatic heterocycles. The van der Waals surface area contributed by atoms with Crippen molar-refractivity contribution in [2.24, 2.45) is 11.3 Å². The number of nitrogens with one attached hydrogen (secondary N) is 1. The van der Waals surface area contributed by atoms with E-state index in [1.807, 2.05) is 19.2 Å². The predicted molar refractivity (Wildman–Crippen MR) is 134 cm³/mol. The molecule has 0 radical (unpaired) electrons. The van der Waals surface area contributed by atoms with E-state index in [0.29, 0.717) is 10.7 Å². The highest BCUT2D eigenvalue weighted by atomic mass is 35.5. The van der Waals surface area contributed by atoms with Crippen LogP contribution < -0.4 is 10.2 Å². The molecule has 1 atom stereocenters. The Kier molecular flexibility index (Phi) is 6.94. The highest BCUT2D eigenvalue weighted by Crippen LogP contribution is 2.39. The number of carbonyl (C=O) groups excluding carboxylic acids is 1. The summed E-state index contributed by atoms with van der Waals surface area (Å²) in [6.07, 6.45) is 3.80. The molecule has 176 valence electrons. The van der Waals surface area contributed by atoms with Crippen molar-refractivity contribution in [1.82, 2.24) is 5.32 Å². The molecule has 1 heterocycles. The summed E-state index contributed by atoms with van der Waals surface area (Å²) >= 11 is 6.68. The van der Waals surface area contributed by atoms with Crippen molar-refractivity contribution in [3.63, 3.8) is 0 Å². The van der Waals surface area contributed by atoms with Crippen LogP contribution >= 0.6 is 11.6 Å². The van der Waals surface area contributed by atoms with Crippen molar-refractivity contribution in [1.29, 1.82) is 0 Å². The Morgan fingerprint density at radius 1 is 1.15 bits per heavy atom. The molecular weight excluding hydrogens is 436 g/mol. The summed E-state index contributed by atoms with van der Waals surface area (Å²) in [6.45, 7) is 12.8. The fourth-order valence-corrected chi connectivity index (χ4v) is 4.44. The van der Waals surface area contributed by atoms with Crippen LogP contribution in [0, 0.1) is 11.3 Å². The van der Waals surface area contributed by atoms with Crippen LogP contribution in [0.5, 0.6) is 0 Å². The number of amides is 2. The van der Waals surface area contributed by atoms with Gasteiger partial charge in [-0.25, -0.2) is 9.59 Å². The molecule has 1 aliphatic rings. The van der Waals surface area contributed by atoms with E-state index in [-0.39, 0.29) is 22.9 Å². The lowest BCUT2D eigenvalue weighted by Crippen LogP contribution is -2.54. The zero-order valence-electron chi connectivity index (χ0n) is 20.2. The number of aryl methyl sites for hydroxylation is 1. The molecule has 5 nitrogen and oxygen atoms in total. The Bertz CT molecular complexity index is 1080. The number of carboxylic acid groups (broad SMARTS) is 1. The summed E-state index contributed by atoms with van der Waals surface area (Å²) in [7, 11) is 0. The summed E-state index contributed by atoms with van der Waals surface area (Å²) in [5.41, 5.74) is 3.36. The summed E-state index contributed by atoms with van der Waals surface area (Å²) in [6, 6.07) is 12.1. The topological polar surface area (TPSA) is 69.6 Å². The quantitative estimate of drug-likeness (QED) is 0.479. The third kappa shape index (κ3) is 5.41. The maximum Gasteiger partial charge on any atom is 0.335 e. The monoisotopic (exact) mass is 468 g/mol. The second kappa shape index (κ2) is 9.22. The number of carbonyl (C=O) groups is 2. The molecule has 0 aromatic heterocycles. The predicted octanol–water partition coefficient (Wildman–Crippen LogP) is 7.00. The van der Waals surface area contributed by atoms with Gasteiger partial charge in [0.05, 0.1) is 16.8 Å². The Hall–Kier alpha value is -2.79. The van der Waals surface area contributed by atoms with Crippen LogP contribution in [0.15, 0.2) is 54.2 Å². The van der Waals surface area contributed by atoms with Gasteiger partial charge < -0.3 is 10.4 Å². The molecule has 33 heavy (non-hydrogen) atoms. The Morgan fingerprint density at radius 3 is 2.30 bits per heavy atom. The standard InChI is InChI=1S/C27H33ClN2O3/c1-17(2)22-16-30(21-11-8-19(9-12-21)24(31)32)25(33)29-27(22,6)20-10-7-18(23(28)15-20)13-14-26(3,4)5/h7-12,15-17H,13-14H2,1-6H3,(H,29,33)(H,31,32)/t27-/m0/s1. The van der Waals surface area contributed by atoms with E-state index in [0.717, 1.165) is 29.5 Å². The lowest BCUT2D eigenvalue weighted by atomic mass is 9.78. The fraction of sp³-hybridized carbons (Fsp3) is 0.407. The van der Waals surface area contributed by atoms with Crippen LogP contribution in [0.1, 0.15) is 69.4 Å². The second-order valence-electron chi connectivity index (χ2n) is 10.4. The second-order valence-corrected chi connectivity index (χ2v) is 10.8. The average Bonchev–Trinajstić information content (AvgIpc) is 2.72. The Balaban J connectivity index is 1.97. The van der Waals surface area contributed by atoms with Gasteiger partial charge in [0.15, 0.2) is 0 Å². The molecule has 0 bridgehead atoms. The average molecular weight is 469 g/mol. The third-order valence-electron chi connectivity index (χ3n) is 6.21. The first-order chi connectivity index (χ1) is 15.3. The van der Waals surface area contributed by atoms with Crippen LogP contribution in [0.25, 0.3) is 0 Å². The molecular formula is C27H33ClN2O3. The summed E-state index contributed by atoms with van der Waals surface area (Å²) in [5, 5.41) is 13.0. The van der Waals surface area contributed by atoms with E-state index in [2.05, 4.69) is 52.1 Å². The van der Waals surface area contributed by atoms with Crippen LogP contribution in [0.2, 0.25) is 5.02 Å². The molecule has 2 N–H and O–H groups in total. The van der Waals surface area contributed by atoms with Gasteiger partial charge in [0, 0.05) is 11.2 Å². The minimum Gasteiger partial charge on any atom is -0.478 e. The molecule has 0 spiro atoms. The molecule has 0 saturated heterocycles. The van der Waals surface area contributed by atoms with Crippen molar-refractivity contribution in [3.05, 3.63) is 76.0 Å². The lowest BCUT2D eigenvalue weighted by molar-refractivity contribution is 0.0697. The zero-order valence-corrected chi connectivity index (χ0v) is 21.0. The van der Waals surface area contributed by atoms with Gasteiger partial charge in [0.1, 0.15) is 0 Å². The molecule has 2 amide bonds. The number of hydrogen-bond acceptors (Lipinski definition) is 2. The van der Waals surface area contributed by atoms with E-state index >= 15 is 0 Å². The van der Waals surface area contributed by atoms with Gasteiger partial charge in [-0.15, -0.1) is 0 Å². The number of rotatable bonds is 6. The molecule has 2 aromatic carbocycles. The number of aromatic carboxylic acids is 1. The van der Waals surface area contributed by atoms with E-state index in [1.54, 1.807) is 12.1 Å².